The molecule has 0 spiro atoms. The summed E-state index contributed by atoms with van der Waals surface area (Å²) < 4.78 is 3.71. The van der Waals surface area contributed by atoms with Gasteiger partial charge in [-0.1, -0.05) is 6.07 Å². The van der Waals surface area contributed by atoms with Gasteiger partial charge in [0.05, 0.1) is 11.7 Å². The number of hydrogen-bond acceptors (Lipinski definition) is 5. The molecule has 25 heavy (non-hydrogen) atoms. The average molecular weight is 337 g/mol. The van der Waals surface area contributed by atoms with Crippen molar-refractivity contribution in [3.8, 4) is 5.69 Å². The molecule has 0 radical (unpaired) electrons. The Balaban J connectivity index is 1.54. The van der Waals surface area contributed by atoms with Gasteiger partial charge in [0.1, 0.15) is 12.2 Å². The zero-order chi connectivity index (χ0) is 17.2. The number of benzene rings is 1. The molecule has 1 atom stereocenters. The normalized spacial score (nSPS) is 17.6. The van der Waals surface area contributed by atoms with Gasteiger partial charge >= 0.3 is 0 Å². The summed E-state index contributed by atoms with van der Waals surface area (Å²) >= 11 is 0. The van der Waals surface area contributed by atoms with Crippen LogP contribution in [0.2, 0.25) is 0 Å². The maximum absolute atomic E-state index is 13.0. The molecule has 1 aromatic carbocycles. The number of aromatic nitrogens is 6. The number of carbonyl (C=O) groups excluding carboxylic acids is 1. The molecule has 4 rings (SSSR count). The molecule has 0 bridgehead atoms. The first-order chi connectivity index (χ1) is 12.2. The van der Waals surface area contributed by atoms with Gasteiger partial charge in [-0.25, -0.2) is 9.67 Å². The molecule has 1 fully saturated rings. The number of piperidine rings is 1. The Morgan fingerprint density at radius 3 is 3.00 bits per heavy atom. The van der Waals surface area contributed by atoms with Crippen LogP contribution in [0, 0.1) is 6.92 Å². The maximum Gasteiger partial charge on any atom is 0.254 e. The first-order valence-electron chi connectivity index (χ1n) is 8.34. The first-order valence-corrected chi connectivity index (χ1v) is 8.34. The van der Waals surface area contributed by atoms with Crippen LogP contribution in [0.1, 0.15) is 35.1 Å². The third-order valence-corrected chi connectivity index (χ3v) is 4.65. The van der Waals surface area contributed by atoms with E-state index in [2.05, 4.69) is 25.1 Å². The Morgan fingerprint density at radius 2 is 2.24 bits per heavy atom. The molecule has 3 aromatic rings. The van der Waals surface area contributed by atoms with E-state index in [0.717, 1.165) is 30.9 Å². The van der Waals surface area contributed by atoms with Crippen LogP contribution in [-0.4, -0.2) is 53.7 Å². The second kappa shape index (κ2) is 6.46. The lowest BCUT2D eigenvalue weighted by Crippen LogP contribution is -2.40. The van der Waals surface area contributed by atoms with Crippen molar-refractivity contribution in [2.75, 3.05) is 13.1 Å². The van der Waals surface area contributed by atoms with Crippen LogP contribution in [0.4, 0.5) is 0 Å². The fourth-order valence-corrected chi connectivity index (χ4v) is 3.38. The highest BCUT2D eigenvalue weighted by Crippen LogP contribution is 2.24. The second-order valence-electron chi connectivity index (χ2n) is 6.23. The molecule has 3 heterocycles. The molecular weight excluding hydrogens is 318 g/mol. The Bertz CT molecular complexity index is 871. The monoisotopic (exact) mass is 337 g/mol. The van der Waals surface area contributed by atoms with Gasteiger partial charge in [-0.2, -0.15) is 0 Å². The molecule has 1 aliphatic heterocycles. The molecule has 0 N–H and O–H groups in total. The maximum atomic E-state index is 13.0. The standard InChI is InChI=1S/C17H19N7O/c1-13-18-7-9-23(13)16-6-3-8-22(11-16)17(25)14-4-2-5-15(10-14)24-12-19-20-21-24/h2,4-5,7,9-10,12,16H,3,6,8,11H2,1H3/t16-/m1/s1. The molecule has 1 saturated heterocycles. The predicted molar refractivity (Wildman–Crippen MR) is 90.3 cm³/mol. The third-order valence-electron chi connectivity index (χ3n) is 4.65. The Kier molecular flexibility index (Phi) is 4.01. The Labute approximate surface area is 145 Å². The van der Waals surface area contributed by atoms with Crippen LogP contribution in [0.3, 0.4) is 0 Å². The number of likely N-dealkylation sites (tertiary alicyclic amines) is 1. The summed E-state index contributed by atoms with van der Waals surface area (Å²) in [6.07, 6.45) is 7.37. The number of tetrazole rings is 1. The zero-order valence-corrected chi connectivity index (χ0v) is 14.0. The van der Waals surface area contributed by atoms with E-state index in [9.17, 15) is 4.79 Å². The first kappa shape index (κ1) is 15.5. The van der Waals surface area contributed by atoms with Gasteiger partial charge < -0.3 is 9.47 Å². The molecule has 0 unspecified atom stereocenters. The summed E-state index contributed by atoms with van der Waals surface area (Å²) in [5, 5.41) is 11.2. The number of hydrogen-bond donors (Lipinski definition) is 0. The molecular formula is C17H19N7O. The minimum absolute atomic E-state index is 0.0393. The lowest BCUT2D eigenvalue weighted by atomic mass is 10.0. The van der Waals surface area contributed by atoms with Crippen molar-refractivity contribution in [2.24, 2.45) is 0 Å². The largest absolute Gasteiger partial charge is 0.337 e. The molecule has 1 amide bonds. The number of carbonyl (C=O) groups is 1. The number of rotatable bonds is 3. The van der Waals surface area contributed by atoms with E-state index in [4.69, 9.17) is 0 Å². The van der Waals surface area contributed by atoms with E-state index in [1.165, 1.54) is 6.33 Å². The van der Waals surface area contributed by atoms with Crippen molar-refractivity contribution in [3.05, 3.63) is 54.4 Å². The molecule has 1 aliphatic rings. The summed E-state index contributed by atoms with van der Waals surface area (Å²) in [5.41, 5.74) is 1.42. The highest BCUT2D eigenvalue weighted by atomic mass is 16.2. The fourth-order valence-electron chi connectivity index (χ4n) is 3.38. The van der Waals surface area contributed by atoms with Gasteiger partial charge in [0, 0.05) is 31.0 Å². The second-order valence-corrected chi connectivity index (χ2v) is 6.23. The van der Waals surface area contributed by atoms with Crippen LogP contribution >= 0.6 is 0 Å². The van der Waals surface area contributed by atoms with Crippen molar-refractivity contribution >= 4 is 5.91 Å². The predicted octanol–water partition coefficient (Wildman–Crippen LogP) is 1.64. The Morgan fingerprint density at radius 1 is 1.32 bits per heavy atom. The van der Waals surface area contributed by atoms with E-state index in [-0.39, 0.29) is 11.9 Å². The number of amides is 1. The SMILES string of the molecule is Cc1nccn1[C@@H]1CCCN(C(=O)c2cccc(-n3cnnn3)c2)C1. The van der Waals surface area contributed by atoms with Gasteiger partial charge in [-0.15, -0.1) is 5.10 Å². The zero-order valence-electron chi connectivity index (χ0n) is 14.0. The number of imidazole rings is 1. The van der Waals surface area contributed by atoms with Gasteiger partial charge in [0.15, 0.2) is 0 Å². The fraction of sp³-hybridized carbons (Fsp3) is 0.353. The van der Waals surface area contributed by atoms with E-state index < -0.39 is 0 Å². The lowest BCUT2D eigenvalue weighted by molar-refractivity contribution is 0.0678. The minimum atomic E-state index is 0.0393. The number of nitrogens with zero attached hydrogens (tertiary/aromatic N) is 7. The molecule has 128 valence electrons. The minimum Gasteiger partial charge on any atom is -0.337 e. The summed E-state index contributed by atoms with van der Waals surface area (Å²) in [6.45, 7) is 3.47. The van der Waals surface area contributed by atoms with Crippen LogP contribution in [0.25, 0.3) is 5.69 Å². The van der Waals surface area contributed by atoms with Crippen LogP contribution in [-0.2, 0) is 0 Å². The molecule has 8 nitrogen and oxygen atoms in total. The highest BCUT2D eigenvalue weighted by molar-refractivity contribution is 5.94. The van der Waals surface area contributed by atoms with Crippen molar-refractivity contribution in [1.29, 1.82) is 0 Å². The van der Waals surface area contributed by atoms with Gasteiger partial charge in [0.25, 0.3) is 5.91 Å². The van der Waals surface area contributed by atoms with Crippen LogP contribution < -0.4 is 0 Å². The van der Waals surface area contributed by atoms with E-state index in [0.29, 0.717) is 12.1 Å². The molecule has 0 saturated carbocycles. The lowest BCUT2D eigenvalue weighted by Gasteiger charge is -2.34. The summed E-state index contributed by atoms with van der Waals surface area (Å²) in [7, 11) is 0. The third kappa shape index (κ3) is 3.02. The van der Waals surface area contributed by atoms with E-state index >= 15 is 0 Å². The summed E-state index contributed by atoms with van der Waals surface area (Å²) in [4.78, 5) is 19.2. The van der Waals surface area contributed by atoms with Gasteiger partial charge in [-0.3, -0.25) is 4.79 Å². The van der Waals surface area contributed by atoms with Crippen LogP contribution in [0.5, 0.6) is 0 Å². The quantitative estimate of drug-likeness (QED) is 0.726. The van der Waals surface area contributed by atoms with Crippen molar-refractivity contribution in [3.63, 3.8) is 0 Å². The topological polar surface area (TPSA) is 81.7 Å². The average Bonchev–Trinajstić information content (AvgIpc) is 3.33. The molecule has 0 aliphatic carbocycles. The summed E-state index contributed by atoms with van der Waals surface area (Å²) in [5.74, 6) is 1.03. The van der Waals surface area contributed by atoms with Gasteiger partial charge in [0.2, 0.25) is 0 Å². The van der Waals surface area contributed by atoms with Crippen molar-refractivity contribution < 1.29 is 4.79 Å². The van der Waals surface area contributed by atoms with Crippen molar-refractivity contribution in [2.45, 2.75) is 25.8 Å². The van der Waals surface area contributed by atoms with Crippen molar-refractivity contribution in [1.82, 2.24) is 34.7 Å². The van der Waals surface area contributed by atoms with Gasteiger partial charge in [-0.05, 0) is 48.4 Å². The molecule has 2 aromatic heterocycles. The van der Waals surface area contributed by atoms with E-state index in [1.807, 2.05) is 48.5 Å². The smallest absolute Gasteiger partial charge is 0.254 e. The summed E-state index contributed by atoms with van der Waals surface area (Å²) in [6, 6.07) is 7.67. The molecule has 8 heteroatoms. The van der Waals surface area contributed by atoms with E-state index in [1.54, 1.807) is 4.68 Å². The van der Waals surface area contributed by atoms with Crippen LogP contribution in [0.15, 0.2) is 43.0 Å². The highest BCUT2D eigenvalue weighted by Gasteiger charge is 2.26. The Hall–Kier alpha value is -3.03. The number of aryl methyl sites for hydroxylation is 1.